The summed E-state index contributed by atoms with van der Waals surface area (Å²) in [4.78, 5) is 0. The van der Waals surface area contributed by atoms with E-state index in [2.05, 4.69) is 61.5 Å². The van der Waals surface area contributed by atoms with Crippen LogP contribution in [-0.4, -0.2) is 10.2 Å². The first-order valence-corrected chi connectivity index (χ1v) is 9.72. The number of phenols is 2. The molecule has 0 saturated heterocycles. The SMILES string of the molecule is CC1CC(c2ccc(O)cc2)(c2ccc(O)cc2)CCC1c1ccccc1. The normalized spacial score (nSPS) is 21.7. The summed E-state index contributed by atoms with van der Waals surface area (Å²) < 4.78 is 0. The molecule has 1 fully saturated rings. The zero-order valence-corrected chi connectivity index (χ0v) is 15.7. The smallest absolute Gasteiger partial charge is 0.115 e. The van der Waals surface area contributed by atoms with Gasteiger partial charge in [-0.25, -0.2) is 0 Å². The third kappa shape index (κ3) is 3.32. The van der Waals surface area contributed by atoms with Crippen LogP contribution in [0.4, 0.5) is 0 Å². The van der Waals surface area contributed by atoms with Crippen molar-refractivity contribution in [3.05, 3.63) is 95.6 Å². The largest absolute Gasteiger partial charge is 0.508 e. The molecule has 2 atom stereocenters. The Kier molecular flexibility index (Phi) is 4.65. The van der Waals surface area contributed by atoms with Gasteiger partial charge in [0, 0.05) is 5.41 Å². The fraction of sp³-hybridized carbons (Fsp3) is 0.280. The van der Waals surface area contributed by atoms with Gasteiger partial charge in [-0.2, -0.15) is 0 Å². The Morgan fingerprint density at radius 1 is 0.741 bits per heavy atom. The maximum atomic E-state index is 9.76. The van der Waals surface area contributed by atoms with Gasteiger partial charge < -0.3 is 10.2 Å². The van der Waals surface area contributed by atoms with Gasteiger partial charge >= 0.3 is 0 Å². The molecule has 2 nitrogen and oxygen atoms in total. The minimum atomic E-state index is -0.0912. The molecule has 0 aliphatic heterocycles. The molecule has 3 aromatic rings. The van der Waals surface area contributed by atoms with Crippen molar-refractivity contribution >= 4 is 0 Å². The van der Waals surface area contributed by atoms with Crippen LogP contribution in [-0.2, 0) is 5.41 Å². The Morgan fingerprint density at radius 3 is 1.74 bits per heavy atom. The lowest BCUT2D eigenvalue weighted by Crippen LogP contribution is -2.36. The van der Waals surface area contributed by atoms with Crippen LogP contribution in [0.2, 0.25) is 0 Å². The molecular formula is C25H26O2. The summed E-state index contributed by atoms with van der Waals surface area (Å²) in [6.45, 7) is 2.35. The monoisotopic (exact) mass is 358 g/mol. The van der Waals surface area contributed by atoms with Crippen molar-refractivity contribution in [1.29, 1.82) is 0 Å². The highest BCUT2D eigenvalue weighted by atomic mass is 16.3. The number of hydrogen-bond acceptors (Lipinski definition) is 2. The van der Waals surface area contributed by atoms with Gasteiger partial charge in [0.2, 0.25) is 0 Å². The summed E-state index contributed by atoms with van der Waals surface area (Å²) in [7, 11) is 0. The van der Waals surface area contributed by atoms with Crippen molar-refractivity contribution in [2.75, 3.05) is 0 Å². The zero-order valence-electron chi connectivity index (χ0n) is 15.7. The van der Waals surface area contributed by atoms with E-state index >= 15 is 0 Å². The van der Waals surface area contributed by atoms with Crippen molar-refractivity contribution in [1.82, 2.24) is 0 Å². The van der Waals surface area contributed by atoms with E-state index < -0.39 is 0 Å². The molecule has 4 rings (SSSR count). The second-order valence-corrected chi connectivity index (χ2v) is 7.91. The lowest BCUT2D eigenvalue weighted by Gasteiger charge is -2.45. The number of rotatable bonds is 3. The molecular weight excluding hydrogens is 332 g/mol. The van der Waals surface area contributed by atoms with Crippen molar-refractivity contribution in [3.63, 3.8) is 0 Å². The van der Waals surface area contributed by atoms with E-state index in [0.29, 0.717) is 23.3 Å². The van der Waals surface area contributed by atoms with Gasteiger partial charge in [0.05, 0.1) is 0 Å². The van der Waals surface area contributed by atoms with Gasteiger partial charge in [0.25, 0.3) is 0 Å². The van der Waals surface area contributed by atoms with Crippen LogP contribution in [0.1, 0.15) is 48.8 Å². The van der Waals surface area contributed by atoms with Gasteiger partial charge in [-0.15, -0.1) is 0 Å². The summed E-state index contributed by atoms with van der Waals surface area (Å²) in [5, 5.41) is 19.5. The summed E-state index contributed by atoms with van der Waals surface area (Å²) in [6.07, 6.45) is 3.21. The second-order valence-electron chi connectivity index (χ2n) is 7.91. The Bertz CT molecular complexity index is 836. The van der Waals surface area contributed by atoms with Crippen LogP contribution >= 0.6 is 0 Å². The van der Waals surface area contributed by atoms with Crippen LogP contribution < -0.4 is 0 Å². The molecule has 0 aromatic heterocycles. The average Bonchev–Trinajstić information content (AvgIpc) is 2.69. The van der Waals surface area contributed by atoms with E-state index in [1.54, 1.807) is 24.3 Å². The summed E-state index contributed by atoms with van der Waals surface area (Å²) in [5.41, 5.74) is 3.82. The first kappa shape index (κ1) is 17.7. The second kappa shape index (κ2) is 7.11. The molecule has 138 valence electrons. The first-order chi connectivity index (χ1) is 13.1. The first-order valence-electron chi connectivity index (χ1n) is 9.72. The molecule has 3 aromatic carbocycles. The standard InChI is InChI=1S/C25H26O2/c1-18-17-25(20-7-11-22(26)12-8-20,21-9-13-23(27)14-10-21)16-15-24(18)19-5-3-2-4-6-19/h2-14,18,24,26-27H,15-17H2,1H3. The summed E-state index contributed by atoms with van der Waals surface area (Å²) in [5.74, 6) is 1.69. The molecule has 0 radical (unpaired) electrons. The van der Waals surface area contributed by atoms with Crippen LogP contribution in [0, 0.1) is 5.92 Å². The predicted molar refractivity (Wildman–Crippen MR) is 109 cm³/mol. The van der Waals surface area contributed by atoms with Gasteiger partial charge in [0.1, 0.15) is 11.5 Å². The highest BCUT2D eigenvalue weighted by Gasteiger charge is 2.42. The summed E-state index contributed by atoms with van der Waals surface area (Å²) in [6, 6.07) is 26.2. The highest BCUT2D eigenvalue weighted by Crippen LogP contribution is 2.51. The Morgan fingerprint density at radius 2 is 1.26 bits per heavy atom. The lowest BCUT2D eigenvalue weighted by molar-refractivity contribution is 0.238. The van der Waals surface area contributed by atoms with Crippen LogP contribution in [0.25, 0.3) is 0 Å². The number of phenolic OH excluding ortho intramolecular Hbond substituents is 2. The Hall–Kier alpha value is -2.74. The molecule has 1 saturated carbocycles. The quantitative estimate of drug-likeness (QED) is 0.604. The number of benzene rings is 3. The van der Waals surface area contributed by atoms with Gasteiger partial charge in [-0.3, -0.25) is 0 Å². The van der Waals surface area contributed by atoms with E-state index in [0.717, 1.165) is 19.3 Å². The fourth-order valence-corrected chi connectivity index (χ4v) is 4.93. The highest BCUT2D eigenvalue weighted by molar-refractivity contribution is 5.44. The molecule has 2 heteroatoms. The van der Waals surface area contributed by atoms with Crippen LogP contribution in [0.5, 0.6) is 11.5 Å². The third-order valence-electron chi connectivity index (χ3n) is 6.31. The van der Waals surface area contributed by atoms with Crippen molar-refractivity contribution in [2.45, 2.75) is 37.5 Å². The van der Waals surface area contributed by atoms with E-state index in [1.807, 2.05) is 0 Å². The molecule has 2 unspecified atom stereocenters. The van der Waals surface area contributed by atoms with Crippen molar-refractivity contribution < 1.29 is 10.2 Å². The van der Waals surface area contributed by atoms with Crippen LogP contribution in [0.15, 0.2) is 78.9 Å². The Labute approximate surface area is 161 Å². The number of hydrogen-bond donors (Lipinski definition) is 2. The van der Waals surface area contributed by atoms with E-state index in [-0.39, 0.29) is 5.41 Å². The lowest BCUT2D eigenvalue weighted by atomic mass is 9.59. The van der Waals surface area contributed by atoms with E-state index in [4.69, 9.17) is 0 Å². The van der Waals surface area contributed by atoms with Crippen LogP contribution in [0.3, 0.4) is 0 Å². The maximum absolute atomic E-state index is 9.76. The van der Waals surface area contributed by atoms with E-state index in [9.17, 15) is 10.2 Å². The van der Waals surface area contributed by atoms with E-state index in [1.165, 1.54) is 16.7 Å². The third-order valence-corrected chi connectivity index (χ3v) is 6.31. The van der Waals surface area contributed by atoms with Crippen molar-refractivity contribution in [3.8, 4) is 11.5 Å². The zero-order chi connectivity index (χ0) is 18.9. The predicted octanol–water partition coefficient (Wildman–Crippen LogP) is 5.99. The summed E-state index contributed by atoms with van der Waals surface area (Å²) >= 11 is 0. The molecule has 0 amide bonds. The molecule has 1 aliphatic carbocycles. The van der Waals surface area contributed by atoms with Gasteiger partial charge in [0.15, 0.2) is 0 Å². The minimum Gasteiger partial charge on any atom is -0.508 e. The maximum Gasteiger partial charge on any atom is 0.115 e. The van der Waals surface area contributed by atoms with Gasteiger partial charge in [-0.05, 0) is 72.1 Å². The minimum absolute atomic E-state index is 0.0912. The molecule has 0 heterocycles. The molecule has 0 spiro atoms. The topological polar surface area (TPSA) is 40.5 Å². The Balaban J connectivity index is 1.74. The van der Waals surface area contributed by atoms with Crippen molar-refractivity contribution in [2.24, 2.45) is 5.92 Å². The number of aromatic hydroxyl groups is 2. The average molecular weight is 358 g/mol. The van der Waals surface area contributed by atoms with Gasteiger partial charge in [-0.1, -0.05) is 61.5 Å². The molecule has 0 bridgehead atoms. The molecule has 27 heavy (non-hydrogen) atoms. The fourth-order valence-electron chi connectivity index (χ4n) is 4.93. The molecule has 2 N–H and O–H groups in total. The molecule has 1 aliphatic rings.